The van der Waals surface area contributed by atoms with Crippen LogP contribution in [0, 0.1) is 5.82 Å². The standard InChI is InChI=1S/C22H28ClFN2O/c23-17-8-9-18(20(24)15-17)16-10-13-26(14-11-16)12-4-7-22-19-5-2-1-3-6-21(19)25-27-22/h8-9,15-16H,1-7,10-14H2. The highest BCUT2D eigenvalue weighted by Gasteiger charge is 2.23. The number of rotatable bonds is 5. The molecule has 1 fully saturated rings. The average molecular weight is 391 g/mol. The molecule has 3 nitrogen and oxygen atoms in total. The number of likely N-dealkylation sites (tertiary alicyclic amines) is 1. The quantitative estimate of drug-likeness (QED) is 0.627. The zero-order valence-corrected chi connectivity index (χ0v) is 16.6. The lowest BCUT2D eigenvalue weighted by Crippen LogP contribution is -2.34. The van der Waals surface area contributed by atoms with Crippen LogP contribution in [-0.2, 0) is 19.3 Å². The Labute approximate surface area is 165 Å². The van der Waals surface area contributed by atoms with Crippen LogP contribution in [0.1, 0.15) is 67.0 Å². The lowest BCUT2D eigenvalue weighted by molar-refractivity contribution is 0.207. The fourth-order valence-electron chi connectivity index (χ4n) is 4.59. The van der Waals surface area contributed by atoms with Gasteiger partial charge in [-0.25, -0.2) is 4.39 Å². The summed E-state index contributed by atoms with van der Waals surface area (Å²) in [5, 5.41) is 4.78. The highest BCUT2D eigenvalue weighted by molar-refractivity contribution is 6.30. The van der Waals surface area contributed by atoms with Crippen molar-refractivity contribution in [2.24, 2.45) is 0 Å². The summed E-state index contributed by atoms with van der Waals surface area (Å²) >= 11 is 5.87. The normalized spacial score (nSPS) is 19.0. The minimum absolute atomic E-state index is 0.160. The summed E-state index contributed by atoms with van der Waals surface area (Å²) in [7, 11) is 0. The van der Waals surface area contributed by atoms with Crippen LogP contribution in [0.15, 0.2) is 22.7 Å². The Morgan fingerprint density at radius 3 is 2.78 bits per heavy atom. The topological polar surface area (TPSA) is 29.3 Å². The van der Waals surface area contributed by atoms with E-state index in [1.54, 1.807) is 6.07 Å². The predicted octanol–water partition coefficient (Wildman–Crippen LogP) is 5.55. The molecule has 0 bridgehead atoms. The molecular weight excluding hydrogens is 363 g/mol. The molecule has 1 aliphatic carbocycles. The Morgan fingerprint density at radius 2 is 1.96 bits per heavy atom. The predicted molar refractivity (Wildman–Crippen MR) is 106 cm³/mol. The molecule has 0 atom stereocenters. The fraction of sp³-hybridized carbons (Fsp3) is 0.591. The number of hydrogen-bond acceptors (Lipinski definition) is 3. The average Bonchev–Trinajstić information content (AvgIpc) is 2.89. The SMILES string of the molecule is Fc1cc(Cl)ccc1C1CCN(CCCc2onc3c2CCCCC3)CC1. The summed E-state index contributed by atoms with van der Waals surface area (Å²) in [5.74, 6) is 1.26. The highest BCUT2D eigenvalue weighted by atomic mass is 35.5. The third kappa shape index (κ3) is 4.55. The number of aromatic nitrogens is 1. The first kappa shape index (κ1) is 18.9. The first-order valence-corrected chi connectivity index (χ1v) is 10.7. The van der Waals surface area contributed by atoms with Gasteiger partial charge in [-0.05, 0) is 88.2 Å². The third-order valence-electron chi connectivity index (χ3n) is 6.16. The Balaban J connectivity index is 1.25. The van der Waals surface area contributed by atoms with Crippen LogP contribution >= 0.6 is 11.6 Å². The third-order valence-corrected chi connectivity index (χ3v) is 6.39. The zero-order valence-electron chi connectivity index (χ0n) is 15.9. The molecule has 1 aromatic carbocycles. The second-order valence-corrected chi connectivity index (χ2v) is 8.41. The van der Waals surface area contributed by atoms with Crippen molar-refractivity contribution in [3.63, 3.8) is 0 Å². The molecule has 5 heteroatoms. The second-order valence-electron chi connectivity index (χ2n) is 7.98. The second kappa shape index (κ2) is 8.74. The van der Waals surface area contributed by atoms with Gasteiger partial charge in [0.15, 0.2) is 0 Å². The Bertz CT molecular complexity index is 768. The van der Waals surface area contributed by atoms with Gasteiger partial charge in [0, 0.05) is 17.0 Å². The van der Waals surface area contributed by atoms with Crippen molar-refractivity contribution in [2.45, 2.75) is 63.7 Å². The summed E-state index contributed by atoms with van der Waals surface area (Å²) in [6.07, 6.45) is 10.1. The minimum Gasteiger partial charge on any atom is -0.361 e. The van der Waals surface area contributed by atoms with Crippen LogP contribution in [-0.4, -0.2) is 29.7 Å². The molecule has 0 N–H and O–H groups in total. The summed E-state index contributed by atoms with van der Waals surface area (Å²) in [5.41, 5.74) is 3.42. The maximum absolute atomic E-state index is 14.1. The molecule has 4 rings (SSSR count). The molecule has 0 saturated carbocycles. The van der Waals surface area contributed by atoms with Gasteiger partial charge in [0.25, 0.3) is 0 Å². The number of hydrogen-bond donors (Lipinski definition) is 0. The van der Waals surface area contributed by atoms with Crippen molar-refractivity contribution in [1.82, 2.24) is 10.1 Å². The van der Waals surface area contributed by atoms with Crippen molar-refractivity contribution in [3.8, 4) is 0 Å². The largest absolute Gasteiger partial charge is 0.361 e. The van der Waals surface area contributed by atoms with E-state index in [2.05, 4.69) is 10.1 Å². The van der Waals surface area contributed by atoms with E-state index in [-0.39, 0.29) is 5.82 Å². The van der Waals surface area contributed by atoms with Gasteiger partial charge < -0.3 is 9.42 Å². The van der Waals surface area contributed by atoms with Crippen LogP contribution in [0.5, 0.6) is 0 Å². The Kier molecular flexibility index (Phi) is 6.14. The smallest absolute Gasteiger partial charge is 0.140 e. The molecule has 2 heterocycles. The van der Waals surface area contributed by atoms with Gasteiger partial charge in [-0.1, -0.05) is 29.2 Å². The number of fused-ring (bicyclic) bond motifs is 1. The Morgan fingerprint density at radius 1 is 1.15 bits per heavy atom. The molecule has 146 valence electrons. The van der Waals surface area contributed by atoms with Gasteiger partial charge in [-0.15, -0.1) is 0 Å². The first-order chi connectivity index (χ1) is 13.2. The van der Waals surface area contributed by atoms with E-state index < -0.39 is 0 Å². The van der Waals surface area contributed by atoms with Gasteiger partial charge >= 0.3 is 0 Å². The van der Waals surface area contributed by atoms with E-state index in [0.717, 1.165) is 69.5 Å². The lowest BCUT2D eigenvalue weighted by atomic mass is 9.89. The van der Waals surface area contributed by atoms with E-state index in [1.165, 1.54) is 36.6 Å². The molecule has 1 aliphatic heterocycles. The molecule has 2 aromatic rings. The van der Waals surface area contributed by atoms with Gasteiger partial charge in [-0.2, -0.15) is 0 Å². The molecule has 27 heavy (non-hydrogen) atoms. The Hall–Kier alpha value is -1.39. The van der Waals surface area contributed by atoms with Crippen molar-refractivity contribution in [3.05, 3.63) is 51.6 Å². The van der Waals surface area contributed by atoms with Gasteiger partial charge in [0.1, 0.15) is 11.6 Å². The van der Waals surface area contributed by atoms with Gasteiger partial charge in [0.2, 0.25) is 0 Å². The van der Waals surface area contributed by atoms with Crippen LogP contribution in [0.2, 0.25) is 5.02 Å². The van der Waals surface area contributed by atoms with E-state index in [9.17, 15) is 4.39 Å². The van der Waals surface area contributed by atoms with Gasteiger partial charge in [0.05, 0.1) is 5.69 Å². The summed E-state index contributed by atoms with van der Waals surface area (Å²) in [6.45, 7) is 3.13. The molecule has 0 radical (unpaired) electrons. The van der Waals surface area contributed by atoms with E-state index >= 15 is 0 Å². The van der Waals surface area contributed by atoms with Crippen molar-refractivity contribution in [1.29, 1.82) is 0 Å². The molecule has 0 spiro atoms. The zero-order chi connectivity index (χ0) is 18.6. The fourth-order valence-corrected chi connectivity index (χ4v) is 4.75. The van der Waals surface area contributed by atoms with Crippen LogP contribution in [0.25, 0.3) is 0 Å². The lowest BCUT2D eigenvalue weighted by Gasteiger charge is -2.32. The molecule has 1 aromatic heterocycles. The molecule has 2 aliphatic rings. The van der Waals surface area contributed by atoms with Crippen LogP contribution in [0.4, 0.5) is 4.39 Å². The molecular formula is C22H28ClFN2O. The molecule has 1 saturated heterocycles. The number of benzene rings is 1. The maximum atomic E-state index is 14.1. The van der Waals surface area contributed by atoms with Crippen LogP contribution < -0.4 is 0 Å². The maximum Gasteiger partial charge on any atom is 0.140 e. The molecule has 0 amide bonds. The van der Waals surface area contributed by atoms with Crippen molar-refractivity contribution in [2.75, 3.05) is 19.6 Å². The number of aryl methyl sites for hydroxylation is 2. The van der Waals surface area contributed by atoms with Crippen molar-refractivity contribution < 1.29 is 8.91 Å². The number of piperidine rings is 1. The van der Waals surface area contributed by atoms with E-state index in [1.807, 2.05) is 6.07 Å². The van der Waals surface area contributed by atoms with E-state index in [0.29, 0.717) is 10.9 Å². The summed E-state index contributed by atoms with van der Waals surface area (Å²) in [4.78, 5) is 2.50. The highest BCUT2D eigenvalue weighted by Crippen LogP contribution is 2.31. The van der Waals surface area contributed by atoms with Crippen LogP contribution in [0.3, 0.4) is 0 Å². The summed E-state index contributed by atoms with van der Waals surface area (Å²) < 4.78 is 19.8. The summed E-state index contributed by atoms with van der Waals surface area (Å²) in [6, 6.07) is 5.09. The first-order valence-electron chi connectivity index (χ1n) is 10.3. The monoisotopic (exact) mass is 390 g/mol. The van der Waals surface area contributed by atoms with Crippen molar-refractivity contribution >= 4 is 11.6 Å². The van der Waals surface area contributed by atoms with E-state index in [4.69, 9.17) is 16.1 Å². The minimum atomic E-state index is -0.160. The van der Waals surface area contributed by atoms with Gasteiger partial charge in [-0.3, -0.25) is 0 Å². The number of nitrogens with zero attached hydrogens (tertiary/aromatic N) is 2. The number of halogens is 2. The molecule has 0 unspecified atom stereocenters.